The second-order valence-corrected chi connectivity index (χ2v) is 6.59. The van der Waals surface area contributed by atoms with Crippen LogP contribution >= 0.6 is 0 Å². The van der Waals surface area contributed by atoms with Crippen molar-refractivity contribution < 1.29 is 8.42 Å². The molecule has 1 aromatic rings. The molecule has 1 aliphatic rings. The standard InChI is InChI=1S/C14H18N2O2S/c1-2-8-15-9-11-16(12-10-15)19(17,18)13-14-6-4-3-5-7-14/h1,3-7H,8-13H2. The highest BCUT2D eigenvalue weighted by molar-refractivity contribution is 7.88. The third-order valence-electron chi connectivity index (χ3n) is 3.23. The zero-order valence-corrected chi connectivity index (χ0v) is 11.6. The summed E-state index contributed by atoms with van der Waals surface area (Å²) >= 11 is 0. The number of hydrogen-bond donors (Lipinski definition) is 0. The Morgan fingerprint density at radius 3 is 2.32 bits per heavy atom. The number of rotatable bonds is 4. The van der Waals surface area contributed by atoms with Crippen molar-refractivity contribution >= 4 is 10.0 Å². The highest BCUT2D eigenvalue weighted by Crippen LogP contribution is 2.13. The van der Waals surface area contributed by atoms with Crippen LogP contribution < -0.4 is 0 Å². The number of sulfonamides is 1. The smallest absolute Gasteiger partial charge is 0.218 e. The van der Waals surface area contributed by atoms with E-state index in [0.29, 0.717) is 32.7 Å². The number of terminal acetylenes is 1. The van der Waals surface area contributed by atoms with Crippen LogP contribution in [0, 0.1) is 12.3 Å². The zero-order valence-electron chi connectivity index (χ0n) is 10.8. The predicted octanol–water partition coefficient (Wildman–Crippen LogP) is 0.767. The van der Waals surface area contributed by atoms with Crippen LogP contribution in [0.2, 0.25) is 0 Å². The summed E-state index contributed by atoms with van der Waals surface area (Å²) in [5.41, 5.74) is 0.827. The van der Waals surface area contributed by atoms with Gasteiger partial charge in [0.2, 0.25) is 10.0 Å². The van der Waals surface area contributed by atoms with Crippen LogP contribution in [-0.2, 0) is 15.8 Å². The van der Waals surface area contributed by atoms with Crippen LogP contribution in [0.25, 0.3) is 0 Å². The number of nitrogens with zero attached hydrogens (tertiary/aromatic N) is 2. The quantitative estimate of drug-likeness (QED) is 0.764. The maximum atomic E-state index is 12.3. The normalized spacial score (nSPS) is 18.1. The van der Waals surface area contributed by atoms with Gasteiger partial charge in [-0.2, -0.15) is 4.31 Å². The lowest BCUT2D eigenvalue weighted by molar-refractivity contribution is 0.207. The number of hydrogen-bond acceptors (Lipinski definition) is 3. The first kappa shape index (κ1) is 14.1. The van der Waals surface area contributed by atoms with Gasteiger partial charge in [-0.1, -0.05) is 36.3 Å². The average Bonchev–Trinajstić information content (AvgIpc) is 2.40. The molecule has 5 heteroatoms. The van der Waals surface area contributed by atoms with Gasteiger partial charge in [-0.05, 0) is 5.56 Å². The Morgan fingerprint density at radius 1 is 1.11 bits per heavy atom. The lowest BCUT2D eigenvalue weighted by Crippen LogP contribution is -2.48. The third-order valence-corrected chi connectivity index (χ3v) is 5.08. The summed E-state index contributed by atoms with van der Waals surface area (Å²) < 4.78 is 26.1. The van der Waals surface area contributed by atoms with E-state index < -0.39 is 10.0 Å². The number of benzene rings is 1. The van der Waals surface area contributed by atoms with Gasteiger partial charge >= 0.3 is 0 Å². The topological polar surface area (TPSA) is 40.6 Å². The summed E-state index contributed by atoms with van der Waals surface area (Å²) in [5, 5.41) is 0. The Balaban J connectivity index is 1.97. The molecule has 4 nitrogen and oxygen atoms in total. The SMILES string of the molecule is C#CCN1CCN(S(=O)(=O)Cc2ccccc2)CC1. The van der Waals surface area contributed by atoms with Gasteiger partial charge in [-0.3, -0.25) is 4.90 Å². The first-order valence-corrected chi connectivity index (χ1v) is 7.90. The largest absolute Gasteiger partial charge is 0.290 e. The van der Waals surface area contributed by atoms with E-state index in [1.807, 2.05) is 30.3 Å². The molecular formula is C14H18N2O2S. The Labute approximate surface area is 115 Å². The highest BCUT2D eigenvalue weighted by Gasteiger charge is 2.26. The zero-order chi connectivity index (χ0) is 13.7. The van der Waals surface area contributed by atoms with E-state index >= 15 is 0 Å². The molecule has 102 valence electrons. The van der Waals surface area contributed by atoms with E-state index in [2.05, 4.69) is 10.8 Å². The molecule has 0 saturated carbocycles. The summed E-state index contributed by atoms with van der Waals surface area (Å²) in [7, 11) is -3.22. The Bertz CT molecular complexity index is 541. The van der Waals surface area contributed by atoms with Gasteiger partial charge in [0.15, 0.2) is 0 Å². The maximum Gasteiger partial charge on any atom is 0.218 e. The highest BCUT2D eigenvalue weighted by atomic mass is 32.2. The van der Waals surface area contributed by atoms with E-state index in [1.165, 1.54) is 0 Å². The molecule has 0 spiro atoms. The molecule has 2 rings (SSSR count). The van der Waals surface area contributed by atoms with Crippen LogP contribution in [0.5, 0.6) is 0 Å². The molecule has 0 bridgehead atoms. The summed E-state index contributed by atoms with van der Waals surface area (Å²) in [5.74, 6) is 2.66. The minimum absolute atomic E-state index is 0.0724. The minimum Gasteiger partial charge on any atom is -0.290 e. The molecule has 0 amide bonds. The Kier molecular flexibility index (Phi) is 4.59. The van der Waals surface area contributed by atoms with Crippen molar-refractivity contribution in [3.63, 3.8) is 0 Å². The summed E-state index contributed by atoms with van der Waals surface area (Å²) in [6.07, 6.45) is 5.26. The van der Waals surface area contributed by atoms with Crippen molar-refractivity contribution in [1.29, 1.82) is 0 Å². The molecule has 1 saturated heterocycles. The summed E-state index contributed by atoms with van der Waals surface area (Å²) in [6.45, 7) is 3.05. The lowest BCUT2D eigenvalue weighted by Gasteiger charge is -2.32. The van der Waals surface area contributed by atoms with Crippen LogP contribution in [0.3, 0.4) is 0 Å². The molecule has 1 heterocycles. The van der Waals surface area contributed by atoms with E-state index in [0.717, 1.165) is 5.56 Å². The molecule has 0 aliphatic carbocycles. The van der Waals surface area contributed by atoms with Crippen molar-refractivity contribution in [3.8, 4) is 12.3 Å². The molecule has 1 aliphatic heterocycles. The monoisotopic (exact) mass is 278 g/mol. The van der Waals surface area contributed by atoms with Gasteiger partial charge in [0.05, 0.1) is 12.3 Å². The van der Waals surface area contributed by atoms with Gasteiger partial charge in [-0.15, -0.1) is 6.42 Å². The first-order valence-electron chi connectivity index (χ1n) is 6.29. The fourth-order valence-electron chi connectivity index (χ4n) is 2.17. The third kappa shape index (κ3) is 3.80. The molecule has 1 aromatic carbocycles. The molecule has 0 unspecified atom stereocenters. The van der Waals surface area contributed by atoms with Gasteiger partial charge < -0.3 is 0 Å². The van der Waals surface area contributed by atoms with Gasteiger partial charge in [0, 0.05) is 26.2 Å². The summed E-state index contributed by atoms with van der Waals surface area (Å²) in [6, 6.07) is 9.28. The van der Waals surface area contributed by atoms with Crippen molar-refractivity contribution in [2.45, 2.75) is 5.75 Å². The van der Waals surface area contributed by atoms with Crippen molar-refractivity contribution in [2.24, 2.45) is 0 Å². The van der Waals surface area contributed by atoms with Crippen LogP contribution in [0.1, 0.15) is 5.56 Å². The van der Waals surface area contributed by atoms with Gasteiger partial charge in [0.25, 0.3) is 0 Å². The number of piperazine rings is 1. The Morgan fingerprint density at radius 2 is 1.74 bits per heavy atom. The van der Waals surface area contributed by atoms with Crippen LogP contribution in [0.15, 0.2) is 30.3 Å². The molecule has 0 N–H and O–H groups in total. The lowest BCUT2D eigenvalue weighted by atomic mass is 10.2. The van der Waals surface area contributed by atoms with Gasteiger partial charge in [0.1, 0.15) is 0 Å². The molecule has 19 heavy (non-hydrogen) atoms. The molecule has 0 atom stereocenters. The van der Waals surface area contributed by atoms with E-state index in [-0.39, 0.29) is 5.75 Å². The fraction of sp³-hybridized carbons (Fsp3) is 0.429. The first-order chi connectivity index (χ1) is 9.12. The van der Waals surface area contributed by atoms with E-state index in [4.69, 9.17) is 6.42 Å². The van der Waals surface area contributed by atoms with Crippen molar-refractivity contribution in [1.82, 2.24) is 9.21 Å². The minimum atomic E-state index is -3.22. The molecule has 0 aromatic heterocycles. The van der Waals surface area contributed by atoms with Crippen molar-refractivity contribution in [2.75, 3.05) is 32.7 Å². The van der Waals surface area contributed by atoms with Crippen LogP contribution in [-0.4, -0.2) is 50.3 Å². The second kappa shape index (κ2) is 6.20. The molecular weight excluding hydrogens is 260 g/mol. The van der Waals surface area contributed by atoms with Crippen molar-refractivity contribution in [3.05, 3.63) is 35.9 Å². The Hall–Kier alpha value is -1.35. The molecule has 0 radical (unpaired) electrons. The fourth-order valence-corrected chi connectivity index (χ4v) is 3.69. The van der Waals surface area contributed by atoms with Crippen LogP contribution in [0.4, 0.5) is 0 Å². The molecule has 1 fully saturated rings. The second-order valence-electron chi connectivity index (χ2n) is 4.62. The predicted molar refractivity (Wildman–Crippen MR) is 75.9 cm³/mol. The van der Waals surface area contributed by atoms with E-state index in [9.17, 15) is 8.42 Å². The van der Waals surface area contributed by atoms with Gasteiger partial charge in [-0.25, -0.2) is 8.42 Å². The maximum absolute atomic E-state index is 12.3. The van der Waals surface area contributed by atoms with E-state index in [1.54, 1.807) is 4.31 Å². The average molecular weight is 278 g/mol. The summed E-state index contributed by atoms with van der Waals surface area (Å²) in [4.78, 5) is 2.09.